The van der Waals surface area contributed by atoms with E-state index in [9.17, 15) is 15.0 Å². The smallest absolute Gasteiger partial charge is 0.274 e. The summed E-state index contributed by atoms with van der Waals surface area (Å²) < 4.78 is 6.61. The van der Waals surface area contributed by atoms with E-state index < -0.39 is 37.1 Å². The van der Waals surface area contributed by atoms with Crippen molar-refractivity contribution in [3.63, 3.8) is 0 Å². The molecule has 1 saturated heterocycles. The van der Waals surface area contributed by atoms with Crippen LogP contribution in [0.15, 0.2) is 18.3 Å². The van der Waals surface area contributed by atoms with E-state index in [0.29, 0.717) is 0 Å². The highest BCUT2D eigenvalue weighted by Crippen LogP contribution is 2.26. The number of primary amides is 1. The monoisotopic (exact) mass is 270 g/mol. The minimum absolute atomic E-state index is 0.187. The van der Waals surface area contributed by atoms with Crippen molar-refractivity contribution >= 4 is 11.7 Å². The van der Waals surface area contributed by atoms with Crippen molar-refractivity contribution in [2.45, 2.75) is 24.5 Å². The number of carbonyl (C=O) groups is 1. The summed E-state index contributed by atoms with van der Waals surface area (Å²) >= 11 is 0. The van der Waals surface area contributed by atoms with E-state index in [0.717, 1.165) is 0 Å². The van der Waals surface area contributed by atoms with Gasteiger partial charge in [-0.3, -0.25) is 10.5 Å². The Morgan fingerprint density at radius 3 is 2.58 bits per heavy atom. The molecule has 19 heavy (non-hydrogen) atoms. The summed E-state index contributed by atoms with van der Waals surface area (Å²) in [5, 5.41) is 28.6. The predicted octanol–water partition coefficient (Wildman–Crippen LogP) is -2.73. The van der Waals surface area contributed by atoms with Gasteiger partial charge >= 0.3 is 0 Å². The van der Waals surface area contributed by atoms with Gasteiger partial charge in [-0.15, -0.1) is 0 Å². The average molecular weight is 270 g/mol. The van der Waals surface area contributed by atoms with E-state index in [2.05, 4.69) is 0 Å². The molecule has 0 aromatic carbocycles. The molecular formula is C11H16N3O5+. The molecule has 2 rings (SSSR count). The second-order valence-corrected chi connectivity index (χ2v) is 4.34. The number of nitrogens with two attached hydrogens (primary N) is 2. The Balaban J connectivity index is 2.36. The SMILES string of the molecule is NC(=O)c1ccc(N)[n+]([C@@H]2O[C@H](CO)C(O)C2O)c1. The molecule has 0 bridgehead atoms. The minimum Gasteiger partial charge on any atom is -0.394 e. The van der Waals surface area contributed by atoms with Crippen molar-refractivity contribution in [3.8, 4) is 0 Å². The van der Waals surface area contributed by atoms with Crippen LogP contribution in [-0.2, 0) is 4.74 Å². The van der Waals surface area contributed by atoms with Gasteiger partial charge in [0.1, 0.15) is 24.5 Å². The van der Waals surface area contributed by atoms with E-state index in [-0.39, 0.29) is 11.4 Å². The highest BCUT2D eigenvalue weighted by molar-refractivity contribution is 5.92. The van der Waals surface area contributed by atoms with E-state index in [1.807, 2.05) is 0 Å². The van der Waals surface area contributed by atoms with Crippen LogP contribution in [0.4, 0.5) is 5.82 Å². The molecule has 8 heteroatoms. The predicted molar refractivity (Wildman–Crippen MR) is 62.6 cm³/mol. The Hall–Kier alpha value is -1.74. The molecule has 1 fully saturated rings. The number of aromatic nitrogens is 1. The van der Waals surface area contributed by atoms with Crippen molar-refractivity contribution in [3.05, 3.63) is 23.9 Å². The zero-order chi connectivity index (χ0) is 14.2. The van der Waals surface area contributed by atoms with Crippen molar-refractivity contribution in [1.29, 1.82) is 0 Å². The van der Waals surface area contributed by atoms with Crippen molar-refractivity contribution in [2.75, 3.05) is 12.3 Å². The molecule has 4 atom stereocenters. The standard InChI is InChI=1S/C11H15N3O5/c12-7-2-1-5(10(13)18)3-14(7)11-9(17)8(16)6(4-15)19-11/h1-3,6,8-9,11-12,15-17H,4H2,(H2,13,18)/p+1/t6-,8?,9?,11-/m1/s1. The Bertz CT molecular complexity index is 495. The number of amides is 1. The normalized spacial score (nSPS) is 30.5. The number of pyridine rings is 1. The Labute approximate surface area is 108 Å². The molecule has 104 valence electrons. The fourth-order valence-corrected chi connectivity index (χ4v) is 2.00. The molecule has 1 aliphatic heterocycles. The summed E-state index contributed by atoms with van der Waals surface area (Å²) in [7, 11) is 0. The lowest BCUT2D eigenvalue weighted by Gasteiger charge is -2.15. The van der Waals surface area contributed by atoms with Gasteiger partial charge in [-0.25, -0.2) is 4.57 Å². The molecule has 1 amide bonds. The average Bonchev–Trinajstić information content (AvgIpc) is 2.66. The maximum absolute atomic E-state index is 11.1. The number of anilines is 1. The molecule has 8 nitrogen and oxygen atoms in total. The van der Waals surface area contributed by atoms with Crippen LogP contribution in [0.3, 0.4) is 0 Å². The largest absolute Gasteiger partial charge is 0.394 e. The van der Waals surface area contributed by atoms with E-state index >= 15 is 0 Å². The fourth-order valence-electron chi connectivity index (χ4n) is 2.00. The molecular weight excluding hydrogens is 254 g/mol. The molecule has 0 saturated carbocycles. The van der Waals surface area contributed by atoms with Crippen LogP contribution in [0, 0.1) is 0 Å². The lowest BCUT2D eigenvalue weighted by molar-refractivity contribution is -0.753. The molecule has 1 aromatic heterocycles. The van der Waals surface area contributed by atoms with E-state index in [1.165, 1.54) is 22.9 Å². The minimum atomic E-state index is -1.27. The van der Waals surface area contributed by atoms with Gasteiger partial charge in [0.2, 0.25) is 6.23 Å². The number of rotatable bonds is 3. The molecule has 1 aliphatic rings. The van der Waals surface area contributed by atoms with Crippen LogP contribution in [0.5, 0.6) is 0 Å². The maximum atomic E-state index is 11.1. The number of nitrogen functional groups attached to an aromatic ring is 1. The summed E-state index contributed by atoms with van der Waals surface area (Å²) in [5.41, 5.74) is 11.1. The summed E-state index contributed by atoms with van der Waals surface area (Å²) in [6.07, 6.45) is -3.08. The number of aliphatic hydroxyl groups is 3. The number of hydrogen-bond acceptors (Lipinski definition) is 6. The Morgan fingerprint density at radius 2 is 2.05 bits per heavy atom. The van der Waals surface area contributed by atoms with Crippen LogP contribution in [-0.4, -0.2) is 46.1 Å². The van der Waals surface area contributed by atoms with Crippen LogP contribution in [0.2, 0.25) is 0 Å². The molecule has 2 unspecified atom stereocenters. The van der Waals surface area contributed by atoms with Crippen LogP contribution in [0.1, 0.15) is 16.6 Å². The van der Waals surface area contributed by atoms with E-state index in [4.69, 9.17) is 21.3 Å². The van der Waals surface area contributed by atoms with Gasteiger partial charge < -0.3 is 25.8 Å². The summed E-state index contributed by atoms with van der Waals surface area (Å²) in [6.45, 7) is -0.440. The number of hydrogen-bond donors (Lipinski definition) is 5. The van der Waals surface area contributed by atoms with E-state index in [1.54, 1.807) is 0 Å². The van der Waals surface area contributed by atoms with Gasteiger partial charge in [0.15, 0.2) is 0 Å². The van der Waals surface area contributed by atoms with Crippen molar-refractivity contribution in [1.82, 2.24) is 0 Å². The highest BCUT2D eigenvalue weighted by Gasteiger charge is 2.46. The summed E-state index contributed by atoms with van der Waals surface area (Å²) in [6, 6.07) is 2.88. The van der Waals surface area contributed by atoms with Gasteiger partial charge in [0.25, 0.3) is 11.7 Å². The van der Waals surface area contributed by atoms with Crippen molar-refractivity contribution < 1.29 is 29.4 Å². The number of carbonyl (C=O) groups excluding carboxylic acids is 1. The second kappa shape index (κ2) is 5.10. The Kier molecular flexibility index (Phi) is 3.67. The first-order chi connectivity index (χ1) is 8.95. The maximum Gasteiger partial charge on any atom is 0.274 e. The zero-order valence-electron chi connectivity index (χ0n) is 10.0. The third kappa shape index (κ3) is 2.38. The molecule has 1 aromatic rings. The lowest BCUT2D eigenvalue weighted by Crippen LogP contribution is -2.48. The third-order valence-electron chi connectivity index (χ3n) is 3.09. The van der Waals surface area contributed by atoms with Crippen molar-refractivity contribution in [2.24, 2.45) is 5.73 Å². The summed E-state index contributed by atoms with van der Waals surface area (Å²) in [4.78, 5) is 11.1. The molecule has 2 heterocycles. The van der Waals surface area contributed by atoms with Gasteiger partial charge in [0, 0.05) is 6.07 Å². The lowest BCUT2D eigenvalue weighted by atomic mass is 10.1. The van der Waals surface area contributed by atoms with Crippen LogP contribution in [0.25, 0.3) is 0 Å². The molecule has 0 aliphatic carbocycles. The molecule has 0 spiro atoms. The highest BCUT2D eigenvalue weighted by atomic mass is 16.6. The van der Waals surface area contributed by atoms with Crippen LogP contribution < -0.4 is 16.0 Å². The number of ether oxygens (including phenoxy) is 1. The van der Waals surface area contributed by atoms with Gasteiger partial charge in [0.05, 0.1) is 12.2 Å². The fraction of sp³-hybridized carbons (Fsp3) is 0.455. The van der Waals surface area contributed by atoms with Gasteiger partial charge in [-0.05, 0) is 6.07 Å². The van der Waals surface area contributed by atoms with Gasteiger partial charge in [-0.1, -0.05) is 0 Å². The number of nitrogens with zero attached hydrogens (tertiary/aromatic N) is 1. The van der Waals surface area contributed by atoms with Crippen LogP contribution >= 0.6 is 0 Å². The second-order valence-electron chi connectivity index (χ2n) is 4.34. The molecule has 0 radical (unpaired) electrons. The third-order valence-corrected chi connectivity index (χ3v) is 3.09. The number of aliphatic hydroxyl groups excluding tert-OH is 3. The first-order valence-corrected chi connectivity index (χ1v) is 5.68. The molecule has 7 N–H and O–H groups in total. The first-order valence-electron chi connectivity index (χ1n) is 5.68. The first kappa shape index (κ1) is 13.7. The quantitative estimate of drug-likeness (QED) is 0.377. The van der Waals surface area contributed by atoms with Gasteiger partial charge in [-0.2, -0.15) is 0 Å². The topological polar surface area (TPSA) is 143 Å². The zero-order valence-corrected chi connectivity index (χ0v) is 10.0. The summed E-state index contributed by atoms with van der Waals surface area (Å²) in [5.74, 6) is -0.430. The Morgan fingerprint density at radius 1 is 1.37 bits per heavy atom.